The van der Waals surface area contributed by atoms with E-state index >= 15 is 0 Å². The number of unbranched alkanes of at least 4 members (excludes halogenated alkanes) is 4. The van der Waals surface area contributed by atoms with E-state index < -0.39 is 29.7 Å². The van der Waals surface area contributed by atoms with Crippen LogP contribution in [0.2, 0.25) is 0 Å². The second kappa shape index (κ2) is 11.3. The fourth-order valence-corrected chi connectivity index (χ4v) is 4.28. The summed E-state index contributed by atoms with van der Waals surface area (Å²) in [5, 5.41) is 5.47. The molecule has 184 valence electrons. The van der Waals surface area contributed by atoms with Crippen molar-refractivity contribution >= 4 is 35.2 Å². The lowest BCUT2D eigenvalue weighted by Crippen LogP contribution is -2.54. The molecule has 2 heterocycles. The molecule has 2 aliphatic heterocycles. The lowest BCUT2D eigenvalue weighted by atomic mass is 10.0. The molecule has 5 amide bonds. The number of amides is 5. The predicted molar refractivity (Wildman–Crippen MR) is 127 cm³/mol. The van der Waals surface area contributed by atoms with Crippen molar-refractivity contribution in [1.82, 2.24) is 15.1 Å². The molecule has 2 aliphatic rings. The van der Waals surface area contributed by atoms with Crippen molar-refractivity contribution in [2.75, 3.05) is 18.9 Å². The molecule has 0 radical (unpaired) electrons. The number of hydrogen-bond donors (Lipinski definition) is 2. The largest absolute Gasteiger partial charge is 0.384 e. The first-order chi connectivity index (χ1) is 16.2. The number of benzene rings is 1. The first-order valence-corrected chi connectivity index (χ1v) is 12.1. The van der Waals surface area contributed by atoms with E-state index in [2.05, 4.69) is 10.6 Å². The number of imide groups is 2. The molecule has 9 nitrogen and oxygen atoms in total. The Morgan fingerprint density at radius 3 is 2.50 bits per heavy atom. The molecule has 1 unspecified atom stereocenters. The summed E-state index contributed by atoms with van der Waals surface area (Å²) in [6.07, 6.45) is 5.58. The van der Waals surface area contributed by atoms with Gasteiger partial charge in [-0.05, 0) is 45.2 Å². The molecule has 1 aromatic rings. The summed E-state index contributed by atoms with van der Waals surface area (Å²) < 4.78 is 0. The van der Waals surface area contributed by atoms with Crippen LogP contribution in [0, 0.1) is 0 Å². The van der Waals surface area contributed by atoms with Crippen LogP contribution in [0.1, 0.15) is 85.9 Å². The van der Waals surface area contributed by atoms with Crippen molar-refractivity contribution in [2.45, 2.75) is 77.3 Å². The van der Waals surface area contributed by atoms with Gasteiger partial charge in [0, 0.05) is 38.2 Å². The molecule has 0 aromatic heterocycles. The van der Waals surface area contributed by atoms with Crippen LogP contribution < -0.4 is 10.6 Å². The number of rotatable bonds is 11. The molecule has 1 atom stereocenters. The Morgan fingerprint density at radius 2 is 1.79 bits per heavy atom. The molecular weight excluding hydrogens is 436 g/mol. The molecule has 9 heteroatoms. The minimum Gasteiger partial charge on any atom is -0.384 e. The maximum atomic E-state index is 13.1. The Labute approximate surface area is 200 Å². The van der Waals surface area contributed by atoms with Crippen LogP contribution in [0.25, 0.3) is 0 Å². The molecule has 0 aliphatic carbocycles. The molecule has 0 saturated carbocycles. The Kier molecular flexibility index (Phi) is 8.41. The normalized spacial score (nSPS) is 17.8. The Balaban J connectivity index is 1.47. The van der Waals surface area contributed by atoms with Crippen molar-refractivity contribution in [2.24, 2.45) is 0 Å². The minimum absolute atomic E-state index is 0.0947. The smallest absolute Gasteiger partial charge is 0.264 e. The van der Waals surface area contributed by atoms with Gasteiger partial charge in [-0.15, -0.1) is 0 Å². The van der Waals surface area contributed by atoms with Gasteiger partial charge in [-0.25, -0.2) is 0 Å². The number of carbonyl (C=O) groups is 5. The van der Waals surface area contributed by atoms with Crippen molar-refractivity contribution in [1.29, 1.82) is 0 Å². The predicted octanol–water partition coefficient (Wildman–Crippen LogP) is 2.71. The molecule has 34 heavy (non-hydrogen) atoms. The SMILES string of the molecule is CC(C)N(C)C(=O)CCCCCCCNc1cccc2c1C(=O)N(C1CCC(=O)NC1=O)C2=O. The van der Waals surface area contributed by atoms with Gasteiger partial charge in [0.1, 0.15) is 6.04 Å². The average Bonchev–Trinajstić information content (AvgIpc) is 3.05. The highest BCUT2D eigenvalue weighted by Gasteiger charge is 2.45. The fraction of sp³-hybridized carbons (Fsp3) is 0.560. The maximum Gasteiger partial charge on any atom is 0.264 e. The number of nitrogens with zero attached hydrogens (tertiary/aromatic N) is 2. The second-order valence-corrected chi connectivity index (χ2v) is 9.22. The van der Waals surface area contributed by atoms with Crippen molar-refractivity contribution < 1.29 is 24.0 Å². The van der Waals surface area contributed by atoms with E-state index in [1.807, 2.05) is 20.9 Å². The highest BCUT2D eigenvalue weighted by molar-refractivity contribution is 6.25. The van der Waals surface area contributed by atoms with Crippen LogP contribution in [0.3, 0.4) is 0 Å². The zero-order valence-electron chi connectivity index (χ0n) is 20.2. The Morgan fingerprint density at radius 1 is 1.09 bits per heavy atom. The Hall–Kier alpha value is -3.23. The number of fused-ring (bicyclic) bond motifs is 1. The number of hydrogen-bond acceptors (Lipinski definition) is 6. The molecular formula is C25H34N4O5. The highest BCUT2D eigenvalue weighted by Crippen LogP contribution is 2.32. The van der Waals surface area contributed by atoms with Crippen molar-refractivity contribution in [3.05, 3.63) is 29.3 Å². The third-order valence-corrected chi connectivity index (χ3v) is 6.52. The topological polar surface area (TPSA) is 116 Å². The van der Waals surface area contributed by atoms with Crippen LogP contribution in [0.15, 0.2) is 18.2 Å². The number of nitrogens with one attached hydrogen (secondary N) is 2. The van der Waals surface area contributed by atoms with Gasteiger partial charge in [0.15, 0.2) is 0 Å². The molecule has 0 bridgehead atoms. The Bertz CT molecular complexity index is 974. The van der Waals surface area contributed by atoms with Crippen molar-refractivity contribution in [3.63, 3.8) is 0 Å². The molecule has 1 saturated heterocycles. The van der Waals surface area contributed by atoms with Gasteiger partial charge >= 0.3 is 0 Å². The summed E-state index contributed by atoms with van der Waals surface area (Å²) in [4.78, 5) is 64.4. The zero-order valence-corrected chi connectivity index (χ0v) is 20.2. The summed E-state index contributed by atoms with van der Waals surface area (Å²) in [6, 6.07) is 4.31. The summed E-state index contributed by atoms with van der Waals surface area (Å²) >= 11 is 0. The second-order valence-electron chi connectivity index (χ2n) is 9.22. The molecule has 2 N–H and O–H groups in total. The van der Waals surface area contributed by atoms with Gasteiger partial charge in [0.25, 0.3) is 11.8 Å². The first kappa shape index (κ1) is 25.4. The van der Waals surface area contributed by atoms with Crippen LogP contribution in [-0.4, -0.2) is 65.0 Å². The van der Waals surface area contributed by atoms with Gasteiger partial charge in [0.2, 0.25) is 17.7 Å². The lowest BCUT2D eigenvalue weighted by molar-refractivity contribution is -0.136. The summed E-state index contributed by atoms with van der Waals surface area (Å²) in [5.74, 6) is -1.84. The van der Waals surface area contributed by atoms with Crippen LogP contribution >= 0.6 is 0 Å². The van der Waals surface area contributed by atoms with Gasteiger partial charge in [-0.1, -0.05) is 25.3 Å². The first-order valence-electron chi connectivity index (χ1n) is 12.1. The highest BCUT2D eigenvalue weighted by atomic mass is 16.2. The third-order valence-electron chi connectivity index (χ3n) is 6.52. The van der Waals surface area contributed by atoms with E-state index in [-0.39, 0.29) is 35.9 Å². The van der Waals surface area contributed by atoms with Gasteiger partial charge in [-0.3, -0.25) is 34.2 Å². The van der Waals surface area contributed by atoms with Crippen LogP contribution in [0.5, 0.6) is 0 Å². The van der Waals surface area contributed by atoms with E-state index in [1.54, 1.807) is 23.1 Å². The zero-order chi connectivity index (χ0) is 24.8. The monoisotopic (exact) mass is 470 g/mol. The van der Waals surface area contributed by atoms with E-state index in [9.17, 15) is 24.0 Å². The van der Waals surface area contributed by atoms with Gasteiger partial charge in [-0.2, -0.15) is 0 Å². The number of piperidine rings is 1. The summed E-state index contributed by atoms with van der Waals surface area (Å²) in [5.41, 5.74) is 1.13. The van der Waals surface area contributed by atoms with Crippen molar-refractivity contribution in [3.8, 4) is 0 Å². The number of carbonyl (C=O) groups excluding carboxylic acids is 5. The standard InChI is InChI=1S/C25H34N4O5/c1-16(2)28(3)21(31)12-7-5-4-6-8-15-26-18-11-9-10-17-22(18)25(34)29(24(17)33)19-13-14-20(30)27-23(19)32/h9-11,16,19,26H,4-8,12-15H2,1-3H3,(H,27,30,32). The molecule has 1 fully saturated rings. The van der Waals surface area contributed by atoms with E-state index in [0.29, 0.717) is 18.7 Å². The number of anilines is 1. The third kappa shape index (κ3) is 5.63. The van der Waals surface area contributed by atoms with E-state index in [0.717, 1.165) is 37.0 Å². The molecule has 0 spiro atoms. The maximum absolute atomic E-state index is 13.1. The van der Waals surface area contributed by atoms with Crippen LogP contribution in [0.4, 0.5) is 5.69 Å². The minimum atomic E-state index is -0.967. The van der Waals surface area contributed by atoms with Crippen LogP contribution in [-0.2, 0) is 14.4 Å². The lowest BCUT2D eigenvalue weighted by Gasteiger charge is -2.27. The fourth-order valence-electron chi connectivity index (χ4n) is 4.28. The summed E-state index contributed by atoms with van der Waals surface area (Å²) in [6.45, 7) is 4.65. The van der Waals surface area contributed by atoms with E-state index in [4.69, 9.17) is 0 Å². The average molecular weight is 471 g/mol. The quantitative estimate of drug-likeness (QED) is 0.380. The summed E-state index contributed by atoms with van der Waals surface area (Å²) in [7, 11) is 1.83. The molecule has 1 aromatic carbocycles. The van der Waals surface area contributed by atoms with E-state index in [1.165, 1.54) is 0 Å². The van der Waals surface area contributed by atoms with Gasteiger partial charge < -0.3 is 10.2 Å². The molecule has 3 rings (SSSR count). The van der Waals surface area contributed by atoms with Gasteiger partial charge in [0.05, 0.1) is 11.1 Å².